The standard InChI is InChI=1S/C19H15BrN4O2/c20-15-3-1-2-14-11-16(26-18(14)15)19(25)24-8-6-23(7-9-24)17-10-13(12-21)4-5-22-17/h1-5,10-11H,6-9H2. The van der Waals surface area contributed by atoms with Gasteiger partial charge in [-0.05, 0) is 40.2 Å². The minimum atomic E-state index is -0.105. The number of furan rings is 1. The summed E-state index contributed by atoms with van der Waals surface area (Å²) in [5.74, 6) is 1.01. The van der Waals surface area contributed by atoms with Crippen LogP contribution in [0.4, 0.5) is 5.82 Å². The van der Waals surface area contributed by atoms with Gasteiger partial charge in [0.25, 0.3) is 5.91 Å². The summed E-state index contributed by atoms with van der Waals surface area (Å²) in [6, 6.07) is 13.1. The highest BCUT2D eigenvalue weighted by Crippen LogP contribution is 2.28. The number of nitrogens with zero attached hydrogens (tertiary/aromatic N) is 4. The number of benzene rings is 1. The summed E-state index contributed by atoms with van der Waals surface area (Å²) in [4.78, 5) is 21.0. The lowest BCUT2D eigenvalue weighted by Crippen LogP contribution is -2.49. The van der Waals surface area contributed by atoms with E-state index < -0.39 is 0 Å². The number of para-hydroxylation sites is 1. The van der Waals surface area contributed by atoms with E-state index in [0.29, 0.717) is 43.1 Å². The molecular formula is C19H15BrN4O2. The van der Waals surface area contributed by atoms with E-state index in [2.05, 4.69) is 31.9 Å². The fourth-order valence-electron chi connectivity index (χ4n) is 3.09. The van der Waals surface area contributed by atoms with Gasteiger partial charge in [0.1, 0.15) is 11.4 Å². The molecule has 4 rings (SSSR count). The van der Waals surface area contributed by atoms with Crippen LogP contribution in [0, 0.1) is 11.3 Å². The second kappa shape index (κ2) is 6.81. The molecule has 0 saturated carbocycles. The highest BCUT2D eigenvalue weighted by atomic mass is 79.9. The number of amides is 1. The molecule has 1 aromatic carbocycles. The average Bonchev–Trinajstić information content (AvgIpc) is 3.13. The van der Waals surface area contributed by atoms with E-state index in [1.54, 1.807) is 29.3 Å². The topological polar surface area (TPSA) is 73.4 Å². The number of fused-ring (bicyclic) bond motifs is 1. The third-order valence-electron chi connectivity index (χ3n) is 4.47. The van der Waals surface area contributed by atoms with Crippen LogP contribution in [-0.2, 0) is 0 Å². The zero-order valence-electron chi connectivity index (χ0n) is 13.9. The van der Waals surface area contributed by atoms with Crippen LogP contribution in [0.3, 0.4) is 0 Å². The van der Waals surface area contributed by atoms with Crippen LogP contribution in [0.25, 0.3) is 11.0 Å². The van der Waals surface area contributed by atoms with Crippen LogP contribution >= 0.6 is 15.9 Å². The Bertz CT molecular complexity index is 1020. The molecule has 0 bridgehead atoms. The van der Waals surface area contributed by atoms with Gasteiger partial charge in [0.2, 0.25) is 0 Å². The molecule has 0 unspecified atom stereocenters. The van der Waals surface area contributed by atoms with Gasteiger partial charge in [-0.1, -0.05) is 12.1 Å². The Kier molecular flexibility index (Phi) is 4.35. The molecule has 0 aliphatic carbocycles. The molecule has 1 saturated heterocycles. The van der Waals surface area contributed by atoms with E-state index in [0.717, 1.165) is 15.7 Å². The average molecular weight is 411 g/mol. The highest BCUT2D eigenvalue weighted by molar-refractivity contribution is 9.10. The molecule has 0 atom stereocenters. The molecule has 3 aromatic rings. The normalized spacial score (nSPS) is 14.5. The molecule has 0 N–H and O–H groups in total. The molecule has 1 aliphatic heterocycles. The Balaban J connectivity index is 1.47. The van der Waals surface area contributed by atoms with Gasteiger partial charge in [0.15, 0.2) is 5.76 Å². The molecule has 3 heterocycles. The van der Waals surface area contributed by atoms with Crippen molar-refractivity contribution in [1.82, 2.24) is 9.88 Å². The van der Waals surface area contributed by atoms with Crippen molar-refractivity contribution in [2.24, 2.45) is 0 Å². The quantitative estimate of drug-likeness (QED) is 0.646. The molecule has 1 fully saturated rings. The summed E-state index contributed by atoms with van der Waals surface area (Å²) in [6.07, 6.45) is 1.64. The molecule has 1 aliphatic rings. The number of carbonyl (C=O) groups excluding carboxylic acids is 1. The number of piperazine rings is 1. The van der Waals surface area contributed by atoms with E-state index in [4.69, 9.17) is 9.68 Å². The maximum absolute atomic E-state index is 12.8. The Hall–Kier alpha value is -2.85. The first-order chi connectivity index (χ1) is 12.7. The zero-order chi connectivity index (χ0) is 18.1. The zero-order valence-corrected chi connectivity index (χ0v) is 15.4. The van der Waals surface area contributed by atoms with E-state index in [1.807, 2.05) is 18.2 Å². The van der Waals surface area contributed by atoms with Crippen molar-refractivity contribution in [1.29, 1.82) is 5.26 Å². The maximum atomic E-state index is 12.8. The third-order valence-corrected chi connectivity index (χ3v) is 5.10. The molecule has 130 valence electrons. The Morgan fingerprint density at radius 1 is 1.19 bits per heavy atom. The number of hydrogen-bond donors (Lipinski definition) is 0. The van der Waals surface area contributed by atoms with Crippen molar-refractivity contribution in [2.75, 3.05) is 31.1 Å². The van der Waals surface area contributed by atoms with Crippen molar-refractivity contribution < 1.29 is 9.21 Å². The number of carbonyl (C=O) groups is 1. The summed E-state index contributed by atoms with van der Waals surface area (Å²) in [5, 5.41) is 9.92. The van der Waals surface area contributed by atoms with Gasteiger partial charge in [-0.2, -0.15) is 5.26 Å². The van der Waals surface area contributed by atoms with Crippen molar-refractivity contribution in [3.63, 3.8) is 0 Å². The summed E-state index contributed by atoms with van der Waals surface area (Å²) < 4.78 is 6.59. The smallest absolute Gasteiger partial charge is 0.289 e. The molecule has 26 heavy (non-hydrogen) atoms. The molecule has 0 spiro atoms. The SMILES string of the molecule is N#Cc1ccnc(N2CCN(C(=O)c3cc4cccc(Br)c4o3)CC2)c1. The number of anilines is 1. The predicted molar refractivity (Wildman–Crippen MR) is 101 cm³/mol. The van der Waals surface area contributed by atoms with Gasteiger partial charge in [-0.3, -0.25) is 4.79 Å². The number of rotatable bonds is 2. The first-order valence-electron chi connectivity index (χ1n) is 8.24. The van der Waals surface area contributed by atoms with Crippen molar-refractivity contribution in [3.05, 3.63) is 58.4 Å². The molecule has 2 aromatic heterocycles. The van der Waals surface area contributed by atoms with Crippen LogP contribution in [0.5, 0.6) is 0 Å². The lowest BCUT2D eigenvalue weighted by atomic mass is 10.2. The largest absolute Gasteiger partial charge is 0.450 e. The minimum Gasteiger partial charge on any atom is -0.450 e. The third kappa shape index (κ3) is 3.04. The van der Waals surface area contributed by atoms with Crippen LogP contribution < -0.4 is 4.90 Å². The van der Waals surface area contributed by atoms with Gasteiger partial charge in [0, 0.05) is 37.8 Å². The number of pyridine rings is 1. The fourth-order valence-corrected chi connectivity index (χ4v) is 3.55. The molecule has 7 heteroatoms. The molecule has 1 amide bonds. The minimum absolute atomic E-state index is 0.105. The second-order valence-electron chi connectivity index (χ2n) is 6.06. The van der Waals surface area contributed by atoms with E-state index >= 15 is 0 Å². The Morgan fingerprint density at radius 2 is 2.00 bits per heavy atom. The summed E-state index contributed by atoms with van der Waals surface area (Å²) >= 11 is 3.45. The predicted octanol–water partition coefficient (Wildman–Crippen LogP) is 3.42. The summed E-state index contributed by atoms with van der Waals surface area (Å²) in [7, 11) is 0. The van der Waals surface area contributed by atoms with Gasteiger partial charge < -0.3 is 14.2 Å². The Labute approximate surface area is 158 Å². The second-order valence-corrected chi connectivity index (χ2v) is 6.92. The van der Waals surface area contributed by atoms with Crippen molar-refractivity contribution in [2.45, 2.75) is 0 Å². The number of nitriles is 1. The Morgan fingerprint density at radius 3 is 2.73 bits per heavy atom. The summed E-state index contributed by atoms with van der Waals surface area (Å²) in [6.45, 7) is 2.49. The number of hydrogen-bond acceptors (Lipinski definition) is 5. The van der Waals surface area contributed by atoms with Gasteiger partial charge in [-0.15, -0.1) is 0 Å². The van der Waals surface area contributed by atoms with E-state index in [-0.39, 0.29) is 5.91 Å². The lowest BCUT2D eigenvalue weighted by Gasteiger charge is -2.35. The van der Waals surface area contributed by atoms with Gasteiger partial charge in [-0.25, -0.2) is 4.98 Å². The van der Waals surface area contributed by atoms with Crippen LogP contribution in [-0.4, -0.2) is 42.0 Å². The van der Waals surface area contributed by atoms with Gasteiger partial charge in [0.05, 0.1) is 16.1 Å². The van der Waals surface area contributed by atoms with E-state index in [1.165, 1.54) is 0 Å². The molecular weight excluding hydrogens is 396 g/mol. The fraction of sp³-hybridized carbons (Fsp3) is 0.211. The van der Waals surface area contributed by atoms with Crippen LogP contribution in [0.2, 0.25) is 0 Å². The van der Waals surface area contributed by atoms with Crippen molar-refractivity contribution in [3.8, 4) is 6.07 Å². The van der Waals surface area contributed by atoms with Crippen LogP contribution in [0.1, 0.15) is 16.1 Å². The first-order valence-corrected chi connectivity index (χ1v) is 9.03. The highest BCUT2D eigenvalue weighted by Gasteiger charge is 2.25. The van der Waals surface area contributed by atoms with Crippen LogP contribution in [0.15, 0.2) is 51.5 Å². The molecule has 0 radical (unpaired) electrons. The number of halogens is 1. The lowest BCUT2D eigenvalue weighted by molar-refractivity contribution is 0.0717. The van der Waals surface area contributed by atoms with Gasteiger partial charge >= 0.3 is 0 Å². The maximum Gasteiger partial charge on any atom is 0.289 e. The van der Waals surface area contributed by atoms with E-state index in [9.17, 15) is 4.79 Å². The summed E-state index contributed by atoms with van der Waals surface area (Å²) in [5.41, 5.74) is 1.27. The monoisotopic (exact) mass is 410 g/mol. The van der Waals surface area contributed by atoms with Crippen molar-refractivity contribution >= 4 is 38.6 Å². The first kappa shape index (κ1) is 16.6. The number of aromatic nitrogens is 1. The molecule has 6 nitrogen and oxygen atoms in total.